The van der Waals surface area contributed by atoms with E-state index in [0.29, 0.717) is 34.2 Å². The molecule has 3 aromatic rings. The van der Waals surface area contributed by atoms with Crippen molar-refractivity contribution in [2.75, 3.05) is 25.3 Å². The number of hydrogen-bond acceptors (Lipinski definition) is 8. The van der Waals surface area contributed by atoms with Crippen LogP contribution in [0.4, 0.5) is 16.0 Å². The van der Waals surface area contributed by atoms with Crippen LogP contribution >= 0.6 is 0 Å². The van der Waals surface area contributed by atoms with E-state index < -0.39 is 0 Å². The summed E-state index contributed by atoms with van der Waals surface area (Å²) in [5.41, 5.74) is 20.7. The number of methoxy groups -OCH3 is 2. The average Bonchev–Trinajstić information content (AvgIpc) is 2.79. The Hall–Kier alpha value is -4.01. The predicted molar refractivity (Wildman–Crippen MR) is 130 cm³/mol. The van der Waals surface area contributed by atoms with Gasteiger partial charge in [-0.15, -0.1) is 10.2 Å². The smallest absolute Gasteiger partial charge is 0.158 e. The van der Waals surface area contributed by atoms with Gasteiger partial charge in [-0.25, -0.2) is 4.39 Å². The van der Waals surface area contributed by atoms with Crippen molar-refractivity contribution in [2.45, 2.75) is 27.3 Å². The molecule has 1 heterocycles. The van der Waals surface area contributed by atoms with Crippen molar-refractivity contribution in [2.24, 2.45) is 11.5 Å². The summed E-state index contributed by atoms with van der Waals surface area (Å²) in [6.07, 6.45) is 0. The molecule has 9 heteroatoms. The van der Waals surface area contributed by atoms with Gasteiger partial charge in [-0.2, -0.15) is 0 Å². The number of aryl methyl sites for hydroxylation is 1. The van der Waals surface area contributed by atoms with Crippen LogP contribution in [0.5, 0.6) is 11.5 Å². The molecule has 0 aliphatic heterocycles. The van der Waals surface area contributed by atoms with Crippen LogP contribution in [0.15, 0.2) is 42.5 Å². The second-order valence-electron chi connectivity index (χ2n) is 7.37. The molecule has 0 aliphatic rings. The van der Waals surface area contributed by atoms with Crippen molar-refractivity contribution in [1.82, 2.24) is 10.2 Å². The Morgan fingerprint density at radius 3 is 2.12 bits per heavy atom. The van der Waals surface area contributed by atoms with Crippen molar-refractivity contribution in [3.05, 3.63) is 69.8 Å². The summed E-state index contributed by atoms with van der Waals surface area (Å²) in [5, 5.41) is 12.3. The molecular weight excluding hydrogens is 423 g/mol. The minimum Gasteiger partial charge on any atom is -0.497 e. The van der Waals surface area contributed by atoms with E-state index in [2.05, 4.69) is 15.5 Å². The van der Waals surface area contributed by atoms with Gasteiger partial charge in [0.15, 0.2) is 11.6 Å². The quantitative estimate of drug-likeness (QED) is 0.460. The average molecular weight is 455 g/mol. The Morgan fingerprint density at radius 1 is 0.939 bits per heavy atom. The summed E-state index contributed by atoms with van der Waals surface area (Å²) in [7, 11) is 3.30. The van der Waals surface area contributed by atoms with E-state index >= 15 is 0 Å². The van der Waals surface area contributed by atoms with Gasteiger partial charge in [0.25, 0.3) is 0 Å². The van der Waals surface area contributed by atoms with Crippen molar-refractivity contribution >= 4 is 23.0 Å². The molecule has 0 unspecified atom stereocenters. The Bertz CT molecular complexity index is 1200. The monoisotopic (exact) mass is 454 g/mol. The lowest BCUT2D eigenvalue weighted by molar-refractivity contribution is 0.392. The minimum atomic E-state index is -0.279. The minimum absolute atomic E-state index is 0.229. The van der Waals surface area contributed by atoms with Gasteiger partial charge in [0.1, 0.15) is 17.3 Å². The van der Waals surface area contributed by atoms with Crippen LogP contribution in [0, 0.1) is 12.7 Å². The van der Waals surface area contributed by atoms with Crippen LogP contribution in [0.1, 0.15) is 25.0 Å². The number of rotatable bonds is 5. The van der Waals surface area contributed by atoms with E-state index in [9.17, 15) is 4.39 Å². The lowest BCUT2D eigenvalue weighted by atomic mass is 10.2. The maximum Gasteiger partial charge on any atom is 0.158 e. The maximum atomic E-state index is 12.9. The first kappa shape index (κ1) is 25.3. The summed E-state index contributed by atoms with van der Waals surface area (Å²) in [6, 6.07) is 11.9. The number of benzene rings is 2. The topological polar surface area (TPSA) is 134 Å². The number of ether oxygens (including phenoxy) is 2. The van der Waals surface area contributed by atoms with Crippen molar-refractivity contribution in [1.29, 1.82) is 0 Å². The zero-order chi connectivity index (χ0) is 24.5. The second-order valence-corrected chi connectivity index (χ2v) is 7.37. The van der Waals surface area contributed by atoms with E-state index in [1.54, 1.807) is 40.2 Å². The molecule has 0 aliphatic carbocycles. The molecule has 0 saturated carbocycles. The summed E-state index contributed by atoms with van der Waals surface area (Å²) in [4.78, 5) is 0. The van der Waals surface area contributed by atoms with Gasteiger partial charge in [0.05, 0.1) is 14.2 Å². The highest BCUT2D eigenvalue weighted by molar-refractivity contribution is 5.57. The number of hydrogen-bond donors (Lipinski definition) is 4. The molecule has 0 radical (unpaired) electrons. The third kappa shape index (κ3) is 6.73. The summed E-state index contributed by atoms with van der Waals surface area (Å²) < 4.78 is 23.1. The molecule has 176 valence electrons. The first-order chi connectivity index (χ1) is 15.7. The molecule has 1 aromatic heterocycles. The molecular formula is C24H31FN6O2. The Labute approximate surface area is 192 Å². The fraction of sp³-hybridized carbons (Fsp3) is 0.250. The molecule has 0 amide bonds. The van der Waals surface area contributed by atoms with E-state index in [4.69, 9.17) is 26.7 Å². The first-order valence-corrected chi connectivity index (χ1v) is 10.2. The molecule has 0 spiro atoms. The number of nitrogen functional groups attached to an aromatic ring is 1. The number of nitrogens with zero attached hydrogens (tertiary/aromatic N) is 2. The molecule has 3 rings (SSSR count). The number of halogens is 1. The van der Waals surface area contributed by atoms with Crippen LogP contribution in [0.3, 0.4) is 0 Å². The Morgan fingerprint density at radius 2 is 1.58 bits per heavy atom. The molecule has 0 bridgehead atoms. The lowest BCUT2D eigenvalue weighted by Gasteiger charge is -2.09. The highest BCUT2D eigenvalue weighted by Gasteiger charge is 2.07. The van der Waals surface area contributed by atoms with Gasteiger partial charge in [-0.05, 0) is 50.1 Å². The lowest BCUT2D eigenvalue weighted by Crippen LogP contribution is -2.39. The standard InChI is InChI=1S/C15H19FN6.C9H12O2/c1-8(17)12-13(9(2)18)15(22-21-14(12)19)20-7-10-3-5-11(16)6-4-10;1-7-4-5-8(10-2)6-9(7)11-3/h3-6H,7,17-18H2,1-2H3,(H2,19,21)(H,20,22);4-6H,1-3H3/b12-8-,13-9-;. The van der Waals surface area contributed by atoms with E-state index in [0.717, 1.165) is 22.6 Å². The fourth-order valence-corrected chi connectivity index (χ4v) is 3.07. The number of aromatic nitrogens is 2. The largest absolute Gasteiger partial charge is 0.497 e. The fourth-order valence-electron chi connectivity index (χ4n) is 3.07. The van der Waals surface area contributed by atoms with Crippen LogP contribution < -0.4 is 42.4 Å². The maximum absolute atomic E-state index is 12.9. The van der Waals surface area contributed by atoms with Crippen LogP contribution in [0.25, 0.3) is 11.4 Å². The SMILES string of the molecule is C/C(N)=c1/c(N)nnc(NCc2ccc(F)cc2)/c1=C(/C)N.COc1ccc(C)c(OC)c1. The van der Waals surface area contributed by atoms with E-state index in [1.165, 1.54) is 12.1 Å². The van der Waals surface area contributed by atoms with Crippen molar-refractivity contribution in [3.63, 3.8) is 0 Å². The normalized spacial score (nSPS) is 12.2. The van der Waals surface area contributed by atoms with E-state index in [1.807, 2.05) is 25.1 Å². The van der Waals surface area contributed by atoms with Crippen LogP contribution in [0.2, 0.25) is 0 Å². The molecule has 2 aromatic carbocycles. The molecule has 0 saturated heterocycles. The molecule has 0 fully saturated rings. The van der Waals surface area contributed by atoms with Crippen molar-refractivity contribution < 1.29 is 13.9 Å². The Balaban J connectivity index is 0.000000294. The zero-order valence-corrected chi connectivity index (χ0v) is 19.6. The van der Waals surface area contributed by atoms with Crippen LogP contribution in [-0.2, 0) is 6.54 Å². The van der Waals surface area contributed by atoms with Gasteiger partial charge in [-0.1, -0.05) is 18.2 Å². The number of nitrogens with one attached hydrogen (secondary N) is 1. The highest BCUT2D eigenvalue weighted by Crippen LogP contribution is 2.23. The van der Waals surface area contributed by atoms with Gasteiger partial charge in [-0.3, -0.25) is 0 Å². The van der Waals surface area contributed by atoms with Gasteiger partial charge in [0, 0.05) is 34.4 Å². The third-order valence-electron chi connectivity index (χ3n) is 4.78. The highest BCUT2D eigenvalue weighted by atomic mass is 19.1. The van der Waals surface area contributed by atoms with Crippen LogP contribution in [-0.4, -0.2) is 24.4 Å². The molecule has 7 N–H and O–H groups in total. The first-order valence-electron chi connectivity index (χ1n) is 10.2. The molecule has 33 heavy (non-hydrogen) atoms. The summed E-state index contributed by atoms with van der Waals surface area (Å²) >= 11 is 0. The van der Waals surface area contributed by atoms with E-state index in [-0.39, 0.29) is 11.6 Å². The van der Waals surface area contributed by atoms with Gasteiger partial charge in [0.2, 0.25) is 0 Å². The Kier molecular flexibility index (Phi) is 8.85. The van der Waals surface area contributed by atoms with Gasteiger partial charge < -0.3 is 32.0 Å². The molecule has 8 nitrogen and oxygen atoms in total. The second kappa shape index (κ2) is 11.6. The predicted octanol–water partition coefficient (Wildman–Crippen LogP) is 2.00. The number of anilines is 2. The zero-order valence-electron chi connectivity index (χ0n) is 19.6. The summed E-state index contributed by atoms with van der Waals surface area (Å²) in [5.74, 6) is 2.13. The van der Waals surface area contributed by atoms with Crippen molar-refractivity contribution in [3.8, 4) is 11.5 Å². The molecule has 0 atom stereocenters. The number of nitrogens with two attached hydrogens (primary N) is 3. The third-order valence-corrected chi connectivity index (χ3v) is 4.78. The van der Waals surface area contributed by atoms with Gasteiger partial charge >= 0.3 is 0 Å². The summed E-state index contributed by atoms with van der Waals surface area (Å²) in [6.45, 7) is 5.91.